The van der Waals surface area contributed by atoms with Crippen molar-refractivity contribution in [2.45, 2.75) is 20.8 Å². The summed E-state index contributed by atoms with van der Waals surface area (Å²) < 4.78 is 0. The topological polar surface area (TPSA) is 63.4 Å². The second-order valence-corrected chi connectivity index (χ2v) is 8.25. The standard InChI is InChI=1S/C27H23N5O/c1-18-4-9-21(10-5-18)31(22-11-6-19(2)7-12-22)23-13-15-24-26(17-23)29-32(28-24)27-16-20(3)8-14-25(27)30-33/h4-17H,1-3H3. The van der Waals surface area contributed by atoms with Crippen molar-refractivity contribution in [3.8, 4) is 5.69 Å². The smallest absolute Gasteiger partial charge is 0.135 e. The van der Waals surface area contributed by atoms with Crippen molar-refractivity contribution in [2.75, 3.05) is 4.90 Å². The van der Waals surface area contributed by atoms with E-state index in [-0.39, 0.29) is 0 Å². The van der Waals surface area contributed by atoms with E-state index in [4.69, 9.17) is 0 Å². The second kappa shape index (κ2) is 8.31. The minimum absolute atomic E-state index is 0.307. The van der Waals surface area contributed by atoms with Crippen LogP contribution in [-0.4, -0.2) is 15.0 Å². The van der Waals surface area contributed by atoms with Crippen LogP contribution in [0.4, 0.5) is 22.7 Å². The summed E-state index contributed by atoms with van der Waals surface area (Å²) in [5.41, 5.74) is 8.85. The Kier molecular flexibility index (Phi) is 5.18. The largest absolute Gasteiger partial charge is 0.310 e. The van der Waals surface area contributed by atoms with Gasteiger partial charge in [-0.3, -0.25) is 0 Å². The zero-order valence-electron chi connectivity index (χ0n) is 18.7. The molecule has 0 unspecified atom stereocenters. The van der Waals surface area contributed by atoms with Gasteiger partial charge in [0, 0.05) is 17.1 Å². The molecule has 0 atom stereocenters. The molecule has 0 saturated carbocycles. The Morgan fingerprint density at radius 1 is 0.636 bits per heavy atom. The average molecular weight is 434 g/mol. The Labute approximate surface area is 192 Å². The molecule has 0 fully saturated rings. The number of hydrogen-bond acceptors (Lipinski definition) is 5. The van der Waals surface area contributed by atoms with Crippen LogP contribution in [0.5, 0.6) is 0 Å². The summed E-state index contributed by atoms with van der Waals surface area (Å²) >= 11 is 0. The lowest BCUT2D eigenvalue weighted by molar-refractivity contribution is 0.765. The van der Waals surface area contributed by atoms with Gasteiger partial charge in [0.25, 0.3) is 0 Å². The molecule has 4 aromatic carbocycles. The van der Waals surface area contributed by atoms with Gasteiger partial charge in [-0.1, -0.05) is 41.5 Å². The monoisotopic (exact) mass is 433 g/mol. The summed E-state index contributed by atoms with van der Waals surface area (Å²) in [4.78, 5) is 15.0. The number of anilines is 3. The summed E-state index contributed by atoms with van der Waals surface area (Å²) in [6.07, 6.45) is 0. The molecule has 0 aliphatic carbocycles. The molecule has 0 aliphatic heterocycles. The van der Waals surface area contributed by atoms with E-state index < -0.39 is 0 Å². The Bertz CT molecular complexity index is 1410. The quantitative estimate of drug-likeness (QED) is 0.275. The summed E-state index contributed by atoms with van der Waals surface area (Å²) in [5, 5.41) is 12.4. The molecule has 1 heterocycles. The van der Waals surface area contributed by atoms with Gasteiger partial charge in [-0.2, -0.15) is 0 Å². The van der Waals surface area contributed by atoms with Gasteiger partial charge in [0.05, 0.1) is 0 Å². The Morgan fingerprint density at radius 2 is 1.18 bits per heavy atom. The van der Waals surface area contributed by atoms with Crippen molar-refractivity contribution in [3.63, 3.8) is 0 Å². The molecule has 0 spiro atoms. The van der Waals surface area contributed by atoms with Crippen LogP contribution < -0.4 is 4.90 Å². The third kappa shape index (κ3) is 3.99. The van der Waals surface area contributed by atoms with E-state index in [9.17, 15) is 4.91 Å². The fourth-order valence-corrected chi connectivity index (χ4v) is 3.86. The van der Waals surface area contributed by atoms with Gasteiger partial charge >= 0.3 is 0 Å². The van der Waals surface area contributed by atoms with Crippen LogP contribution in [0, 0.1) is 25.7 Å². The highest BCUT2D eigenvalue weighted by Gasteiger charge is 2.16. The molecule has 162 valence electrons. The van der Waals surface area contributed by atoms with Gasteiger partial charge in [0.2, 0.25) is 0 Å². The van der Waals surface area contributed by atoms with Crippen molar-refractivity contribution in [1.29, 1.82) is 0 Å². The number of rotatable bonds is 5. The normalized spacial score (nSPS) is 11.0. The first kappa shape index (κ1) is 20.6. The van der Waals surface area contributed by atoms with Crippen LogP contribution in [0.25, 0.3) is 16.7 Å². The molecular weight excluding hydrogens is 410 g/mol. The third-order valence-electron chi connectivity index (χ3n) is 5.65. The maximum absolute atomic E-state index is 11.3. The molecule has 5 aromatic rings. The van der Waals surface area contributed by atoms with Crippen LogP contribution in [0.15, 0.2) is 90.1 Å². The van der Waals surface area contributed by atoms with Crippen LogP contribution in [0.2, 0.25) is 0 Å². The molecule has 33 heavy (non-hydrogen) atoms. The number of benzene rings is 4. The highest BCUT2D eigenvalue weighted by Crippen LogP contribution is 2.36. The van der Waals surface area contributed by atoms with E-state index in [2.05, 4.69) is 82.7 Å². The molecule has 1 aromatic heterocycles. The first-order valence-electron chi connectivity index (χ1n) is 10.8. The van der Waals surface area contributed by atoms with Crippen LogP contribution >= 0.6 is 0 Å². The van der Waals surface area contributed by atoms with Gasteiger partial charge in [0.15, 0.2) is 0 Å². The predicted molar refractivity (Wildman–Crippen MR) is 133 cm³/mol. The highest BCUT2D eigenvalue weighted by atomic mass is 16.3. The van der Waals surface area contributed by atoms with Crippen molar-refractivity contribution >= 4 is 33.8 Å². The fourth-order valence-electron chi connectivity index (χ4n) is 3.86. The molecule has 5 rings (SSSR count). The van der Waals surface area contributed by atoms with Gasteiger partial charge in [-0.15, -0.1) is 19.9 Å². The number of nitroso groups, excluding NO2 is 1. The minimum Gasteiger partial charge on any atom is -0.310 e. The van der Waals surface area contributed by atoms with E-state index in [0.717, 1.165) is 33.7 Å². The van der Waals surface area contributed by atoms with Crippen molar-refractivity contribution in [2.24, 2.45) is 5.18 Å². The average Bonchev–Trinajstić information content (AvgIpc) is 3.25. The van der Waals surface area contributed by atoms with Gasteiger partial charge in [-0.25, -0.2) is 0 Å². The van der Waals surface area contributed by atoms with Gasteiger partial charge < -0.3 is 4.90 Å². The molecule has 0 bridgehead atoms. The molecule has 6 heteroatoms. The van der Waals surface area contributed by atoms with E-state index in [0.29, 0.717) is 11.4 Å². The zero-order valence-corrected chi connectivity index (χ0v) is 18.7. The van der Waals surface area contributed by atoms with E-state index in [1.807, 2.05) is 37.3 Å². The van der Waals surface area contributed by atoms with Gasteiger partial charge in [-0.05, 0) is 86.1 Å². The fraction of sp³-hybridized carbons (Fsp3) is 0.111. The lowest BCUT2D eigenvalue weighted by atomic mass is 10.1. The SMILES string of the molecule is Cc1ccc(N(c2ccc(C)cc2)c2ccc3nn(-c4cc(C)ccc4N=O)nc3c2)cc1. The summed E-state index contributed by atoms with van der Waals surface area (Å²) in [6, 6.07) is 28.3. The Hall–Kier alpha value is -4.32. The van der Waals surface area contributed by atoms with E-state index in [1.54, 1.807) is 6.07 Å². The van der Waals surface area contributed by atoms with Crippen LogP contribution in [0.1, 0.15) is 16.7 Å². The Morgan fingerprint density at radius 3 is 1.79 bits per heavy atom. The Balaban J connectivity index is 1.64. The first-order valence-corrected chi connectivity index (χ1v) is 10.8. The molecule has 0 N–H and O–H groups in total. The summed E-state index contributed by atoms with van der Waals surface area (Å²) in [5.74, 6) is 0. The van der Waals surface area contributed by atoms with E-state index in [1.165, 1.54) is 15.9 Å². The van der Waals surface area contributed by atoms with Crippen molar-refractivity contribution in [3.05, 3.63) is 107 Å². The molecule has 0 amide bonds. The lowest BCUT2D eigenvalue weighted by Gasteiger charge is -2.25. The van der Waals surface area contributed by atoms with Crippen molar-refractivity contribution in [1.82, 2.24) is 15.0 Å². The molecule has 0 saturated heterocycles. The number of fused-ring (bicyclic) bond motifs is 1. The summed E-state index contributed by atoms with van der Waals surface area (Å²) in [7, 11) is 0. The summed E-state index contributed by atoms with van der Waals surface area (Å²) in [6.45, 7) is 6.12. The number of aromatic nitrogens is 3. The molecule has 0 radical (unpaired) electrons. The minimum atomic E-state index is 0.307. The number of aryl methyl sites for hydroxylation is 3. The number of nitrogens with zero attached hydrogens (tertiary/aromatic N) is 5. The third-order valence-corrected chi connectivity index (χ3v) is 5.65. The van der Waals surface area contributed by atoms with Gasteiger partial charge in [0.1, 0.15) is 22.4 Å². The molecule has 0 aliphatic rings. The maximum atomic E-state index is 11.3. The van der Waals surface area contributed by atoms with Crippen LogP contribution in [0.3, 0.4) is 0 Å². The van der Waals surface area contributed by atoms with Crippen LogP contribution in [-0.2, 0) is 0 Å². The van der Waals surface area contributed by atoms with E-state index >= 15 is 0 Å². The second-order valence-electron chi connectivity index (χ2n) is 8.25. The lowest BCUT2D eigenvalue weighted by Crippen LogP contribution is -2.09. The zero-order chi connectivity index (χ0) is 22.9. The predicted octanol–water partition coefficient (Wildman–Crippen LogP) is 7.21. The molecular formula is C27H23N5O. The van der Waals surface area contributed by atoms with Crippen molar-refractivity contribution < 1.29 is 0 Å². The highest BCUT2D eigenvalue weighted by molar-refractivity contribution is 5.85. The number of hydrogen-bond donors (Lipinski definition) is 0. The maximum Gasteiger partial charge on any atom is 0.135 e. The first-order chi connectivity index (χ1) is 16.0. The molecule has 6 nitrogen and oxygen atoms in total.